The number of piperidine rings is 1. The maximum atomic E-state index is 12.1. The van der Waals surface area contributed by atoms with Gasteiger partial charge in [0.05, 0.1) is 18.1 Å². The zero-order chi connectivity index (χ0) is 13.8. The first-order chi connectivity index (χ1) is 9.06. The molecule has 1 amide bonds. The Hall–Kier alpha value is -1.10. The van der Waals surface area contributed by atoms with Crippen LogP contribution in [0.4, 0.5) is 0 Å². The molecule has 2 aliphatic heterocycles. The average molecular weight is 269 g/mol. The molecule has 0 aromatic carbocycles. The highest BCUT2D eigenvalue weighted by molar-refractivity contribution is 5.78. The smallest absolute Gasteiger partial charge is 0.308 e. The van der Waals surface area contributed by atoms with Gasteiger partial charge < -0.3 is 14.7 Å². The molecule has 3 atom stereocenters. The molecule has 2 heterocycles. The number of carbonyl (C=O) groups excluding carboxylic acids is 1. The van der Waals surface area contributed by atoms with E-state index in [9.17, 15) is 9.59 Å². The molecule has 0 radical (unpaired) electrons. The number of hydrogen-bond acceptors (Lipinski definition) is 3. The van der Waals surface area contributed by atoms with Crippen LogP contribution in [0.5, 0.6) is 0 Å². The lowest BCUT2D eigenvalue weighted by molar-refractivity contribution is -0.145. The van der Waals surface area contributed by atoms with Gasteiger partial charge >= 0.3 is 5.97 Å². The van der Waals surface area contributed by atoms with Crippen LogP contribution in [0, 0.1) is 5.92 Å². The Morgan fingerprint density at radius 1 is 1.32 bits per heavy atom. The number of nitrogens with zero attached hydrogens (tertiary/aromatic N) is 1. The van der Waals surface area contributed by atoms with Crippen LogP contribution in [0.25, 0.3) is 0 Å². The number of ether oxygens (including phenoxy) is 1. The van der Waals surface area contributed by atoms with E-state index in [4.69, 9.17) is 9.84 Å². The Balaban J connectivity index is 1.74. The molecule has 2 unspecified atom stereocenters. The van der Waals surface area contributed by atoms with Crippen LogP contribution in [-0.2, 0) is 14.3 Å². The largest absolute Gasteiger partial charge is 0.481 e. The van der Waals surface area contributed by atoms with E-state index in [1.54, 1.807) is 4.90 Å². The van der Waals surface area contributed by atoms with Crippen molar-refractivity contribution in [3.05, 3.63) is 0 Å². The number of aliphatic carboxylic acids is 1. The van der Waals surface area contributed by atoms with E-state index in [-0.39, 0.29) is 17.9 Å². The van der Waals surface area contributed by atoms with Crippen molar-refractivity contribution in [3.63, 3.8) is 0 Å². The molecular formula is C14H23NO4. The van der Waals surface area contributed by atoms with Crippen LogP contribution in [0.1, 0.15) is 45.4 Å². The molecule has 2 aliphatic rings. The van der Waals surface area contributed by atoms with Crippen molar-refractivity contribution in [3.8, 4) is 0 Å². The molecule has 108 valence electrons. The predicted octanol–water partition coefficient (Wildman–Crippen LogP) is 1.66. The van der Waals surface area contributed by atoms with Crippen LogP contribution in [0.15, 0.2) is 0 Å². The van der Waals surface area contributed by atoms with Gasteiger partial charge in [0, 0.05) is 19.5 Å². The second-order valence-electron chi connectivity index (χ2n) is 5.70. The summed E-state index contributed by atoms with van der Waals surface area (Å²) in [5.41, 5.74) is 0. The van der Waals surface area contributed by atoms with E-state index < -0.39 is 5.97 Å². The molecule has 5 heteroatoms. The average Bonchev–Trinajstić information content (AvgIpc) is 2.82. The second kappa shape index (κ2) is 6.37. The Bertz CT molecular complexity index is 344. The van der Waals surface area contributed by atoms with Gasteiger partial charge in [-0.1, -0.05) is 0 Å². The van der Waals surface area contributed by atoms with Crippen LogP contribution < -0.4 is 0 Å². The Morgan fingerprint density at radius 3 is 2.74 bits per heavy atom. The summed E-state index contributed by atoms with van der Waals surface area (Å²) in [6.45, 7) is 3.13. The highest BCUT2D eigenvalue weighted by Gasteiger charge is 2.29. The van der Waals surface area contributed by atoms with Crippen molar-refractivity contribution in [2.24, 2.45) is 5.92 Å². The summed E-state index contributed by atoms with van der Waals surface area (Å²) in [4.78, 5) is 24.8. The quantitative estimate of drug-likeness (QED) is 0.843. The van der Waals surface area contributed by atoms with Gasteiger partial charge in [0.2, 0.25) is 5.91 Å². The lowest BCUT2D eigenvalue weighted by atomic mass is 9.98. The molecule has 0 bridgehead atoms. The fourth-order valence-electron chi connectivity index (χ4n) is 2.95. The third-order valence-corrected chi connectivity index (χ3v) is 4.12. The maximum absolute atomic E-state index is 12.1. The number of carboxylic acids is 1. The first-order valence-corrected chi connectivity index (χ1v) is 7.22. The molecule has 2 rings (SSSR count). The Morgan fingerprint density at radius 2 is 2.11 bits per heavy atom. The van der Waals surface area contributed by atoms with Crippen LogP contribution >= 0.6 is 0 Å². The number of hydrogen-bond donors (Lipinski definition) is 1. The van der Waals surface area contributed by atoms with Gasteiger partial charge in [0.25, 0.3) is 0 Å². The van der Waals surface area contributed by atoms with Gasteiger partial charge in [0.15, 0.2) is 0 Å². The van der Waals surface area contributed by atoms with Crippen LogP contribution in [0.2, 0.25) is 0 Å². The van der Waals surface area contributed by atoms with Crippen molar-refractivity contribution in [1.82, 2.24) is 4.90 Å². The topological polar surface area (TPSA) is 66.8 Å². The Kier molecular flexibility index (Phi) is 4.80. The summed E-state index contributed by atoms with van der Waals surface area (Å²) in [5, 5.41) is 9.01. The molecule has 19 heavy (non-hydrogen) atoms. The first-order valence-electron chi connectivity index (χ1n) is 7.22. The van der Waals surface area contributed by atoms with Crippen LogP contribution in [-0.4, -0.2) is 47.2 Å². The summed E-state index contributed by atoms with van der Waals surface area (Å²) < 4.78 is 5.69. The molecule has 0 spiro atoms. The summed E-state index contributed by atoms with van der Waals surface area (Å²) in [6, 6.07) is 0. The predicted molar refractivity (Wildman–Crippen MR) is 69.7 cm³/mol. The van der Waals surface area contributed by atoms with Gasteiger partial charge in [-0.2, -0.15) is 0 Å². The third-order valence-electron chi connectivity index (χ3n) is 4.12. The van der Waals surface area contributed by atoms with Gasteiger partial charge in [0.1, 0.15) is 0 Å². The van der Waals surface area contributed by atoms with Crippen molar-refractivity contribution in [1.29, 1.82) is 0 Å². The fraction of sp³-hybridized carbons (Fsp3) is 0.857. The van der Waals surface area contributed by atoms with Gasteiger partial charge in [-0.05, 0) is 39.0 Å². The summed E-state index contributed by atoms with van der Waals surface area (Å²) >= 11 is 0. The minimum atomic E-state index is -0.787. The molecule has 5 nitrogen and oxygen atoms in total. The minimum Gasteiger partial charge on any atom is -0.481 e. The standard InChI is InChI=1S/C14H23NO4/c1-10-4-5-12(19-10)6-7-13(16)15-8-2-3-11(9-15)14(17)18/h10-12H,2-9H2,1H3,(H,17,18)/t10?,11-,12?/m0/s1. The van der Waals surface area contributed by atoms with Crippen molar-refractivity contribution in [2.45, 2.75) is 57.7 Å². The van der Waals surface area contributed by atoms with E-state index in [2.05, 4.69) is 6.92 Å². The molecule has 0 aromatic rings. The van der Waals surface area contributed by atoms with E-state index in [0.717, 1.165) is 25.7 Å². The van der Waals surface area contributed by atoms with Crippen LogP contribution in [0.3, 0.4) is 0 Å². The molecular weight excluding hydrogens is 246 g/mol. The van der Waals surface area contributed by atoms with Gasteiger partial charge in [-0.15, -0.1) is 0 Å². The van der Waals surface area contributed by atoms with Gasteiger partial charge in [-0.25, -0.2) is 0 Å². The molecule has 1 N–H and O–H groups in total. The number of carboxylic acid groups (broad SMARTS) is 1. The monoisotopic (exact) mass is 269 g/mol. The normalized spacial score (nSPS) is 31.4. The lowest BCUT2D eigenvalue weighted by Gasteiger charge is -2.31. The van der Waals surface area contributed by atoms with E-state index in [1.807, 2.05) is 0 Å². The van der Waals surface area contributed by atoms with Crippen molar-refractivity contribution < 1.29 is 19.4 Å². The van der Waals surface area contributed by atoms with E-state index in [1.165, 1.54) is 0 Å². The number of amides is 1. The lowest BCUT2D eigenvalue weighted by Crippen LogP contribution is -2.42. The fourth-order valence-corrected chi connectivity index (χ4v) is 2.95. The van der Waals surface area contributed by atoms with Crippen molar-refractivity contribution in [2.75, 3.05) is 13.1 Å². The van der Waals surface area contributed by atoms with Crippen molar-refractivity contribution >= 4 is 11.9 Å². The molecule has 2 fully saturated rings. The van der Waals surface area contributed by atoms with E-state index >= 15 is 0 Å². The zero-order valence-corrected chi connectivity index (χ0v) is 11.5. The number of carbonyl (C=O) groups is 2. The molecule has 2 saturated heterocycles. The summed E-state index contributed by atoms with van der Waals surface area (Å²) in [6.07, 6.45) is 5.34. The SMILES string of the molecule is CC1CCC(CCC(=O)N2CCC[C@H](C(=O)O)C2)O1. The maximum Gasteiger partial charge on any atom is 0.308 e. The van der Waals surface area contributed by atoms with Gasteiger partial charge in [-0.3, -0.25) is 9.59 Å². The minimum absolute atomic E-state index is 0.0779. The first kappa shape index (κ1) is 14.3. The molecule has 0 aromatic heterocycles. The molecule has 0 saturated carbocycles. The third kappa shape index (κ3) is 3.93. The summed E-state index contributed by atoms with van der Waals surface area (Å²) in [5.74, 6) is -1.10. The second-order valence-corrected chi connectivity index (χ2v) is 5.70. The highest BCUT2D eigenvalue weighted by atomic mass is 16.5. The zero-order valence-electron chi connectivity index (χ0n) is 11.5. The number of rotatable bonds is 4. The van der Waals surface area contributed by atoms with E-state index in [0.29, 0.717) is 32.0 Å². The highest BCUT2D eigenvalue weighted by Crippen LogP contribution is 2.24. The molecule has 0 aliphatic carbocycles. The summed E-state index contributed by atoms with van der Waals surface area (Å²) in [7, 11) is 0. The Labute approximate surface area is 113 Å². The number of likely N-dealkylation sites (tertiary alicyclic amines) is 1.